The Kier molecular flexibility index (Phi) is 4.86. The van der Waals surface area contributed by atoms with Crippen molar-refractivity contribution in [2.24, 2.45) is 10.8 Å². The lowest BCUT2D eigenvalue weighted by Crippen LogP contribution is -2.11. The lowest BCUT2D eigenvalue weighted by Gasteiger charge is -2.15. The summed E-state index contributed by atoms with van der Waals surface area (Å²) in [6.45, 7) is 1.92. The van der Waals surface area contributed by atoms with Gasteiger partial charge in [-0.05, 0) is 12.5 Å². The molecule has 1 heterocycles. The fraction of sp³-hybridized carbons (Fsp3) is 0.250. The van der Waals surface area contributed by atoms with E-state index in [1.165, 1.54) is 12.4 Å². The van der Waals surface area contributed by atoms with Crippen LogP contribution in [0, 0.1) is 6.92 Å². The van der Waals surface area contributed by atoms with Gasteiger partial charge in [-0.15, -0.1) is 0 Å². The molecule has 6 nitrogen and oxygen atoms in total. The van der Waals surface area contributed by atoms with Gasteiger partial charge in [0.05, 0.1) is 25.2 Å². The maximum Gasteiger partial charge on any atom is 0.213 e. The highest BCUT2D eigenvalue weighted by Gasteiger charge is 2.05. The fourth-order valence-electron chi connectivity index (χ4n) is 1.30. The number of hydrogen-bond donors (Lipinski definition) is 1. The SMILES string of the molecule is COc1cc(C)c(N(C)/N=C\C(C=O)=C\N)cn1. The molecule has 96 valence electrons. The number of anilines is 1. The summed E-state index contributed by atoms with van der Waals surface area (Å²) in [4.78, 5) is 14.6. The summed E-state index contributed by atoms with van der Waals surface area (Å²) in [6, 6.07) is 1.81. The molecule has 0 amide bonds. The molecule has 0 aliphatic heterocycles. The molecule has 0 atom stereocenters. The number of hydrogen-bond acceptors (Lipinski definition) is 6. The Morgan fingerprint density at radius 1 is 1.61 bits per heavy atom. The minimum atomic E-state index is 0.306. The van der Waals surface area contributed by atoms with Crippen molar-refractivity contribution in [1.29, 1.82) is 0 Å². The molecular weight excluding hydrogens is 232 g/mol. The molecule has 0 radical (unpaired) electrons. The van der Waals surface area contributed by atoms with Gasteiger partial charge in [0.2, 0.25) is 5.88 Å². The minimum absolute atomic E-state index is 0.306. The maximum absolute atomic E-state index is 10.5. The molecule has 18 heavy (non-hydrogen) atoms. The molecule has 6 heteroatoms. The van der Waals surface area contributed by atoms with E-state index in [-0.39, 0.29) is 0 Å². The Labute approximate surface area is 106 Å². The molecule has 2 N–H and O–H groups in total. The predicted molar refractivity (Wildman–Crippen MR) is 70.8 cm³/mol. The topological polar surface area (TPSA) is 80.8 Å². The highest BCUT2D eigenvalue weighted by Crippen LogP contribution is 2.21. The molecule has 1 rings (SSSR count). The van der Waals surface area contributed by atoms with Gasteiger partial charge in [-0.25, -0.2) is 4.98 Å². The van der Waals surface area contributed by atoms with Crippen LogP contribution in [0.1, 0.15) is 5.56 Å². The lowest BCUT2D eigenvalue weighted by atomic mass is 10.2. The standard InChI is InChI=1S/C12H16N4O2/c1-9-4-12(18-3)14-7-11(9)16(2)15-6-10(5-13)8-17/h4-8H,13H2,1-3H3/b10-5-,15-6-. The van der Waals surface area contributed by atoms with Crippen molar-refractivity contribution in [2.45, 2.75) is 6.92 Å². The van der Waals surface area contributed by atoms with E-state index in [4.69, 9.17) is 10.5 Å². The number of aromatic nitrogens is 1. The Morgan fingerprint density at radius 2 is 2.33 bits per heavy atom. The van der Waals surface area contributed by atoms with E-state index in [1.54, 1.807) is 31.4 Å². The number of methoxy groups -OCH3 is 1. The van der Waals surface area contributed by atoms with Gasteiger partial charge < -0.3 is 10.5 Å². The first-order chi connectivity index (χ1) is 8.62. The number of rotatable bonds is 5. The molecule has 0 bridgehead atoms. The number of aryl methyl sites for hydroxylation is 1. The van der Waals surface area contributed by atoms with Crippen molar-refractivity contribution in [3.05, 3.63) is 29.6 Å². The zero-order valence-electron chi connectivity index (χ0n) is 10.6. The summed E-state index contributed by atoms with van der Waals surface area (Å²) in [5, 5.41) is 5.71. The van der Waals surface area contributed by atoms with Gasteiger partial charge in [-0.1, -0.05) is 0 Å². The first-order valence-corrected chi connectivity index (χ1v) is 5.27. The van der Waals surface area contributed by atoms with Gasteiger partial charge in [0, 0.05) is 24.9 Å². The quantitative estimate of drug-likeness (QED) is 0.362. The zero-order valence-corrected chi connectivity index (χ0v) is 10.6. The molecule has 1 aromatic rings. The van der Waals surface area contributed by atoms with Crippen LogP contribution in [0.4, 0.5) is 5.69 Å². The monoisotopic (exact) mass is 248 g/mol. The van der Waals surface area contributed by atoms with Gasteiger partial charge >= 0.3 is 0 Å². The predicted octanol–water partition coefficient (Wildman–Crippen LogP) is 0.862. The summed E-state index contributed by atoms with van der Waals surface area (Å²) in [5.41, 5.74) is 7.33. The first-order valence-electron chi connectivity index (χ1n) is 5.27. The smallest absolute Gasteiger partial charge is 0.213 e. The van der Waals surface area contributed by atoms with Crippen LogP contribution in [0.3, 0.4) is 0 Å². The van der Waals surface area contributed by atoms with Crippen LogP contribution in [0.5, 0.6) is 5.88 Å². The molecule has 0 aliphatic carbocycles. The van der Waals surface area contributed by atoms with Crippen LogP contribution in [-0.4, -0.2) is 31.6 Å². The number of nitrogens with zero attached hydrogens (tertiary/aromatic N) is 3. The van der Waals surface area contributed by atoms with Crippen molar-refractivity contribution in [1.82, 2.24) is 4.98 Å². The third-order valence-electron chi connectivity index (χ3n) is 2.32. The van der Waals surface area contributed by atoms with Crippen molar-refractivity contribution in [2.75, 3.05) is 19.2 Å². The highest BCUT2D eigenvalue weighted by atomic mass is 16.5. The second-order valence-electron chi connectivity index (χ2n) is 3.57. The van der Waals surface area contributed by atoms with Gasteiger partial charge in [0.25, 0.3) is 0 Å². The van der Waals surface area contributed by atoms with Crippen molar-refractivity contribution >= 4 is 18.2 Å². The van der Waals surface area contributed by atoms with Crippen LogP contribution >= 0.6 is 0 Å². The summed E-state index contributed by atoms with van der Waals surface area (Å²) in [6.07, 6.45) is 4.87. The minimum Gasteiger partial charge on any atom is -0.481 e. The molecule has 0 unspecified atom stereocenters. The van der Waals surface area contributed by atoms with E-state index in [0.717, 1.165) is 11.3 Å². The second-order valence-corrected chi connectivity index (χ2v) is 3.57. The molecule has 0 saturated heterocycles. The van der Waals surface area contributed by atoms with E-state index in [2.05, 4.69) is 10.1 Å². The number of pyridine rings is 1. The van der Waals surface area contributed by atoms with E-state index in [9.17, 15) is 4.79 Å². The average molecular weight is 248 g/mol. The molecule has 0 aliphatic rings. The summed E-state index contributed by atoms with van der Waals surface area (Å²) >= 11 is 0. The Hall–Kier alpha value is -2.37. The van der Waals surface area contributed by atoms with Gasteiger partial charge in [-0.2, -0.15) is 5.10 Å². The van der Waals surface area contributed by atoms with E-state index >= 15 is 0 Å². The molecule has 0 fully saturated rings. The number of hydrazone groups is 1. The van der Waals surface area contributed by atoms with Gasteiger partial charge in [0.15, 0.2) is 6.29 Å². The van der Waals surface area contributed by atoms with Gasteiger partial charge in [0.1, 0.15) is 0 Å². The van der Waals surface area contributed by atoms with E-state index in [1.807, 2.05) is 6.92 Å². The van der Waals surface area contributed by atoms with E-state index in [0.29, 0.717) is 17.7 Å². The molecule has 1 aromatic heterocycles. The first kappa shape index (κ1) is 13.7. The summed E-state index contributed by atoms with van der Waals surface area (Å²) in [5.74, 6) is 0.545. The molecular formula is C12H16N4O2. The Bertz CT molecular complexity index is 483. The number of allylic oxidation sites excluding steroid dienone is 1. The van der Waals surface area contributed by atoms with Crippen molar-refractivity contribution in [3.63, 3.8) is 0 Å². The average Bonchev–Trinajstić information content (AvgIpc) is 2.39. The van der Waals surface area contributed by atoms with Crippen LogP contribution in [0.25, 0.3) is 0 Å². The Morgan fingerprint density at radius 3 is 2.83 bits per heavy atom. The fourth-order valence-corrected chi connectivity index (χ4v) is 1.30. The Balaban J connectivity index is 2.91. The highest BCUT2D eigenvalue weighted by molar-refractivity contribution is 6.01. The van der Waals surface area contributed by atoms with Gasteiger partial charge in [-0.3, -0.25) is 9.80 Å². The molecule has 0 saturated carbocycles. The number of nitrogens with two attached hydrogens (primary N) is 1. The third-order valence-corrected chi connectivity index (χ3v) is 2.32. The summed E-state index contributed by atoms with van der Waals surface area (Å²) < 4.78 is 5.02. The molecule has 0 spiro atoms. The van der Waals surface area contributed by atoms with Crippen molar-refractivity contribution < 1.29 is 9.53 Å². The van der Waals surface area contributed by atoms with Crippen LogP contribution in [0.2, 0.25) is 0 Å². The number of carbonyl (C=O) groups excluding carboxylic acids is 1. The van der Waals surface area contributed by atoms with E-state index < -0.39 is 0 Å². The number of aldehydes is 1. The lowest BCUT2D eigenvalue weighted by molar-refractivity contribution is -0.104. The normalized spacial score (nSPS) is 11.6. The second kappa shape index (κ2) is 6.39. The van der Waals surface area contributed by atoms with Crippen LogP contribution in [0.15, 0.2) is 29.1 Å². The van der Waals surface area contributed by atoms with Crippen LogP contribution in [-0.2, 0) is 4.79 Å². The number of ether oxygens (including phenoxy) is 1. The largest absolute Gasteiger partial charge is 0.481 e. The third kappa shape index (κ3) is 3.31. The molecule has 0 aromatic carbocycles. The zero-order chi connectivity index (χ0) is 13.5. The number of carbonyl (C=O) groups is 1. The summed E-state index contributed by atoms with van der Waals surface area (Å²) in [7, 11) is 3.32. The maximum atomic E-state index is 10.5. The van der Waals surface area contributed by atoms with Crippen molar-refractivity contribution in [3.8, 4) is 5.88 Å². The van der Waals surface area contributed by atoms with Crippen LogP contribution < -0.4 is 15.5 Å².